The van der Waals surface area contributed by atoms with E-state index in [-0.39, 0.29) is 143 Å². The summed E-state index contributed by atoms with van der Waals surface area (Å²) in [6.07, 6.45) is 0.240. The van der Waals surface area contributed by atoms with Gasteiger partial charge < -0.3 is 71.7 Å². The maximum absolute atomic E-state index is 15.0. The molecule has 11 atom stereocenters. The first-order chi connectivity index (χ1) is 48.6. The number of Topliss-reactive ketones (excluding diaryl/α,β-unsaturated/α-hetero) is 2. The second kappa shape index (κ2) is 42.7. The number of imide groups is 1. The van der Waals surface area contributed by atoms with Crippen LogP contribution in [0.15, 0.2) is 54.6 Å². The molecular weight excluding hydrogens is 1330 g/mol. The fourth-order valence-electron chi connectivity index (χ4n) is 13.2. The number of ketones is 2. The van der Waals surface area contributed by atoms with Gasteiger partial charge in [-0.1, -0.05) is 111 Å². The summed E-state index contributed by atoms with van der Waals surface area (Å²) in [5.74, 6) is -6.55. The summed E-state index contributed by atoms with van der Waals surface area (Å²) in [6.45, 7) is 20.0. The van der Waals surface area contributed by atoms with E-state index in [1.54, 1.807) is 63.1 Å². The number of unbranched alkanes of at least 4 members (excludes halogenated alkanes) is 2. The molecule has 29 nitrogen and oxygen atoms in total. The number of methoxy groups -OCH3 is 2. The van der Waals surface area contributed by atoms with Crippen molar-refractivity contribution in [3.05, 3.63) is 76.9 Å². The summed E-state index contributed by atoms with van der Waals surface area (Å²) < 4.78 is 23.5. The van der Waals surface area contributed by atoms with Crippen molar-refractivity contribution in [2.45, 2.75) is 195 Å². The maximum atomic E-state index is 15.0. The average molecular weight is 1440 g/mol. The van der Waals surface area contributed by atoms with Gasteiger partial charge in [-0.05, 0) is 101 Å². The molecule has 572 valence electrons. The molecule has 0 spiro atoms. The number of hydrogen-bond donors (Lipinski definition) is 8. The molecule has 2 heterocycles. The van der Waals surface area contributed by atoms with Crippen LogP contribution in [-0.2, 0) is 68.7 Å². The molecule has 0 saturated carbocycles. The molecule has 0 aliphatic carbocycles. The molecule has 2 aliphatic heterocycles. The van der Waals surface area contributed by atoms with Gasteiger partial charge in [0.2, 0.25) is 35.4 Å². The molecule has 12 amide bonds. The Labute approximate surface area is 606 Å². The number of nitrogens with one attached hydrogen (secondary N) is 7. The Morgan fingerprint density at radius 1 is 0.689 bits per heavy atom. The molecule has 2 aliphatic rings. The van der Waals surface area contributed by atoms with Crippen molar-refractivity contribution in [1.29, 1.82) is 0 Å². The highest BCUT2D eigenvalue weighted by atomic mass is 16.6. The number of benzene rings is 2. The summed E-state index contributed by atoms with van der Waals surface area (Å²) in [5, 5.41) is 19.1. The van der Waals surface area contributed by atoms with Crippen LogP contribution in [0.25, 0.3) is 0 Å². The summed E-state index contributed by atoms with van der Waals surface area (Å²) in [5.41, 5.74) is 8.37. The van der Waals surface area contributed by atoms with E-state index in [1.807, 2.05) is 86.5 Å². The van der Waals surface area contributed by atoms with E-state index >= 15 is 4.79 Å². The lowest BCUT2D eigenvalue weighted by molar-refractivity contribution is -0.148. The van der Waals surface area contributed by atoms with Gasteiger partial charge in [0.15, 0.2) is 11.6 Å². The number of aryl methyl sites for hydroxylation is 2. The third-order valence-electron chi connectivity index (χ3n) is 18.9. The monoisotopic (exact) mass is 1440 g/mol. The maximum Gasteiger partial charge on any atom is 0.407 e. The molecule has 2 aromatic carbocycles. The second-order valence-electron chi connectivity index (χ2n) is 28.2. The molecule has 1 saturated heterocycles. The minimum absolute atomic E-state index is 0.0278. The number of rotatable bonds is 43. The summed E-state index contributed by atoms with van der Waals surface area (Å²) >= 11 is 0. The first-order valence-electron chi connectivity index (χ1n) is 35.7. The number of likely N-dealkylation sites (tertiary alicyclic amines) is 1. The highest BCUT2D eigenvalue weighted by Crippen LogP contribution is 2.32. The molecule has 1 fully saturated rings. The lowest BCUT2D eigenvalue weighted by atomic mass is 9.89. The number of nitrogens with two attached hydrogens (primary N) is 1. The van der Waals surface area contributed by atoms with Crippen LogP contribution in [-0.4, -0.2) is 220 Å². The van der Waals surface area contributed by atoms with Crippen LogP contribution in [0.4, 0.5) is 20.1 Å². The minimum atomic E-state index is -0.984. The number of primary amides is 1. The summed E-state index contributed by atoms with van der Waals surface area (Å²) in [7, 11) is 8.11. The van der Waals surface area contributed by atoms with Crippen molar-refractivity contribution in [1.82, 2.24) is 51.5 Å². The number of urea groups is 1. The van der Waals surface area contributed by atoms with E-state index in [9.17, 15) is 57.5 Å². The fourth-order valence-corrected chi connectivity index (χ4v) is 13.2. The van der Waals surface area contributed by atoms with Crippen LogP contribution >= 0.6 is 0 Å². The van der Waals surface area contributed by atoms with Crippen molar-refractivity contribution >= 4 is 82.7 Å². The van der Waals surface area contributed by atoms with E-state index in [0.29, 0.717) is 48.9 Å². The SMILES string of the molecule is CC[C@H](C)C([C@@H](CC(=O)N1C[C@@H](OC(=O)NCCNC(=O)OCc2ccc(NC(=O)C(CCCNC(N)=O)CC(=O)[C@@H](NC(=O)CCCCCN3C(=O)C=CC3=O)C(C)C)cc2)C[C@H]1[C@H](OC)[C@@H](C)C(=O)NCC(=O)c1ccc(C)cc1C)OC)N(C)C(=O)[C@@H](NC(=O)[C@H](C(C)C)N(C)C)C(C)C. The Balaban J connectivity index is 1.39. The Morgan fingerprint density at radius 3 is 1.90 bits per heavy atom. The number of ether oxygens (including phenoxy) is 4. The predicted octanol–water partition coefficient (Wildman–Crippen LogP) is 5.47. The number of hydrogen-bond acceptors (Lipinski definition) is 18. The predicted molar refractivity (Wildman–Crippen MR) is 386 cm³/mol. The van der Waals surface area contributed by atoms with E-state index in [1.165, 1.54) is 31.3 Å². The van der Waals surface area contributed by atoms with Crippen molar-refractivity contribution < 1.29 is 81.3 Å². The van der Waals surface area contributed by atoms with Gasteiger partial charge in [-0.2, -0.15) is 0 Å². The molecular formula is C74H114N12O17. The molecule has 103 heavy (non-hydrogen) atoms. The van der Waals surface area contributed by atoms with E-state index in [0.717, 1.165) is 16.0 Å². The van der Waals surface area contributed by atoms with Crippen LogP contribution in [0.3, 0.4) is 0 Å². The molecule has 2 unspecified atom stereocenters. The van der Waals surface area contributed by atoms with E-state index < -0.39 is 96.3 Å². The largest absolute Gasteiger partial charge is 0.445 e. The highest BCUT2D eigenvalue weighted by molar-refractivity contribution is 6.13. The Kier molecular flexibility index (Phi) is 35.9. The zero-order valence-electron chi connectivity index (χ0n) is 63.1. The van der Waals surface area contributed by atoms with Crippen molar-refractivity contribution in [2.75, 3.05) is 79.9 Å². The van der Waals surface area contributed by atoms with Crippen LogP contribution in [0.5, 0.6) is 0 Å². The number of nitrogens with zero attached hydrogens (tertiary/aromatic N) is 4. The average Bonchev–Trinajstić information content (AvgIpc) is 1.74. The van der Waals surface area contributed by atoms with Gasteiger partial charge in [0.25, 0.3) is 11.8 Å². The number of anilines is 1. The van der Waals surface area contributed by atoms with Gasteiger partial charge in [0, 0.05) is 96.0 Å². The van der Waals surface area contributed by atoms with Crippen molar-refractivity contribution in [3.8, 4) is 0 Å². The molecule has 29 heteroatoms. The van der Waals surface area contributed by atoms with E-state index in [4.69, 9.17) is 24.7 Å². The van der Waals surface area contributed by atoms with Crippen molar-refractivity contribution in [3.63, 3.8) is 0 Å². The quantitative estimate of drug-likeness (QED) is 0.0232. The number of amides is 12. The van der Waals surface area contributed by atoms with Crippen molar-refractivity contribution in [2.24, 2.45) is 41.2 Å². The zero-order chi connectivity index (χ0) is 76.9. The second-order valence-corrected chi connectivity index (χ2v) is 28.2. The zero-order valence-corrected chi connectivity index (χ0v) is 63.1. The van der Waals surface area contributed by atoms with Gasteiger partial charge in [-0.25, -0.2) is 14.4 Å². The third kappa shape index (κ3) is 27.1. The molecule has 0 aromatic heterocycles. The fraction of sp³-hybridized carbons (Fsp3) is 0.635. The number of alkyl carbamates (subject to hydrolysis) is 2. The van der Waals surface area contributed by atoms with Crippen LogP contribution < -0.4 is 43.0 Å². The van der Waals surface area contributed by atoms with E-state index in [2.05, 4.69) is 37.2 Å². The molecule has 0 bridgehead atoms. The topological polar surface area (TPSA) is 382 Å². The van der Waals surface area contributed by atoms with Gasteiger partial charge in [-0.3, -0.25) is 57.7 Å². The summed E-state index contributed by atoms with van der Waals surface area (Å²) in [4.78, 5) is 179. The normalized spacial score (nSPS) is 17.0. The van der Waals surface area contributed by atoms with Crippen LogP contribution in [0.1, 0.15) is 154 Å². The molecule has 4 rings (SSSR count). The number of carbonyl (C=O) groups is 13. The number of likely N-dealkylation sites (N-methyl/N-ethyl adjacent to an activating group) is 2. The highest BCUT2D eigenvalue weighted by Gasteiger charge is 2.47. The lowest BCUT2D eigenvalue weighted by Gasteiger charge is -2.41. The van der Waals surface area contributed by atoms with Gasteiger partial charge in [0.1, 0.15) is 18.8 Å². The molecule has 2 aromatic rings. The third-order valence-corrected chi connectivity index (χ3v) is 18.9. The van der Waals surface area contributed by atoms with Gasteiger partial charge in [-0.15, -0.1) is 0 Å². The first-order valence-corrected chi connectivity index (χ1v) is 35.7. The first kappa shape index (κ1) is 86.6. The minimum Gasteiger partial charge on any atom is -0.445 e. The standard InChI is InChI=1S/C74H114N12O17/c1-17-47(9)66(84(14)71(96)64(44(4)5)82-70(95)65(45(6)7)83(12)13)58(100-15)39-62(92)86-41-53(38-55(86)67(101-16)49(11)68(93)79-40-57(88)54-29-24-46(8)36-48(54)10)103-74(99)78-34-33-77-73(98)102-42-50-25-27-52(28-26-50)80-69(94)51(22-21-32-76-72(75)97)37-56(87)63(43(2)3)81-59(89)23-19-18-20-35-85-60(90)30-31-61(85)91/h24-31,36,43-45,47,49,51,53,55,58,63-67H,17-23,32-35,37-42H2,1-16H3,(H,77,98)(H,78,99)(H,79,93)(H,80,94)(H,81,89)(H,82,95)(H3,75,76,97)/t47-,49+,51?,53-,55-,58+,63-,64-,65-,66?,67+/m0/s1. The summed E-state index contributed by atoms with van der Waals surface area (Å²) in [6, 6.07) is 7.25. The Morgan fingerprint density at radius 2 is 1.33 bits per heavy atom. The molecule has 0 radical (unpaired) electrons. The lowest BCUT2D eigenvalue weighted by Crippen LogP contribution is -2.59. The molecule has 9 N–H and O–H groups in total. The van der Waals surface area contributed by atoms with Crippen LogP contribution in [0.2, 0.25) is 0 Å². The van der Waals surface area contributed by atoms with Gasteiger partial charge >= 0.3 is 18.2 Å². The smallest absolute Gasteiger partial charge is 0.407 e. The Bertz CT molecular complexity index is 3240. The van der Waals surface area contributed by atoms with Gasteiger partial charge in [0.05, 0.1) is 61.8 Å². The number of carbonyl (C=O) groups excluding carboxylic acids is 13. The van der Waals surface area contributed by atoms with Crippen LogP contribution in [0, 0.1) is 49.4 Å². The Hall–Kier alpha value is -8.83.